The zero-order chi connectivity index (χ0) is 17.1. The molecular weight excluding hydrogens is 315 g/mol. The van der Waals surface area contributed by atoms with Crippen LogP contribution in [0.25, 0.3) is 11.4 Å². The molecule has 128 valence electrons. The monoisotopic (exact) mass is 334 g/mol. The molecule has 2 atom stereocenters. The highest BCUT2D eigenvalue weighted by Gasteiger charge is 2.24. The van der Waals surface area contributed by atoms with Crippen LogP contribution in [0.1, 0.15) is 25.8 Å². The van der Waals surface area contributed by atoms with Crippen LogP contribution in [0.3, 0.4) is 0 Å². The van der Waals surface area contributed by atoms with Gasteiger partial charge in [0.15, 0.2) is 0 Å². The lowest BCUT2D eigenvalue weighted by Crippen LogP contribution is -2.49. The number of amides is 2. The molecule has 0 spiro atoms. The smallest absolute Gasteiger partial charge is 0.318 e. The van der Waals surface area contributed by atoms with Gasteiger partial charge in [-0.2, -0.15) is 4.98 Å². The fourth-order valence-corrected chi connectivity index (χ4v) is 2.50. The Hall–Kier alpha value is -2.48. The van der Waals surface area contributed by atoms with Gasteiger partial charge in [-0.05, 0) is 26.0 Å². The van der Waals surface area contributed by atoms with E-state index in [-0.39, 0.29) is 29.7 Å². The van der Waals surface area contributed by atoms with Crippen molar-refractivity contribution in [2.24, 2.45) is 0 Å². The molecule has 1 saturated heterocycles. The molecule has 24 heavy (non-hydrogen) atoms. The molecule has 0 radical (unpaired) electrons. The Bertz CT molecular complexity index is 721. The van der Waals surface area contributed by atoms with E-state index < -0.39 is 6.04 Å². The molecule has 1 aromatic carbocycles. The lowest BCUT2D eigenvalue weighted by molar-refractivity contribution is -0.00392. The molecule has 1 N–H and O–H groups in total. The van der Waals surface area contributed by atoms with Crippen molar-refractivity contribution in [2.45, 2.75) is 26.0 Å². The second-order valence-corrected chi connectivity index (χ2v) is 5.77. The fourth-order valence-electron chi connectivity index (χ4n) is 2.50. The quantitative estimate of drug-likeness (QED) is 0.932. The average molecular weight is 334 g/mol. The van der Waals surface area contributed by atoms with Gasteiger partial charge >= 0.3 is 6.03 Å². The Kier molecular flexibility index (Phi) is 4.75. The molecule has 2 amide bonds. The van der Waals surface area contributed by atoms with E-state index in [2.05, 4.69) is 15.5 Å². The van der Waals surface area contributed by atoms with Gasteiger partial charge in [0.05, 0.1) is 12.7 Å². The Morgan fingerprint density at radius 1 is 1.50 bits per heavy atom. The number of benzene rings is 1. The number of morpholine rings is 1. The van der Waals surface area contributed by atoms with E-state index in [1.807, 2.05) is 6.92 Å². The van der Waals surface area contributed by atoms with E-state index >= 15 is 0 Å². The summed E-state index contributed by atoms with van der Waals surface area (Å²) in [6.07, 6.45) is 0.0165. The maximum absolute atomic E-state index is 13.3. The number of urea groups is 1. The number of nitrogens with zero attached hydrogens (tertiary/aromatic N) is 3. The number of rotatable bonds is 3. The van der Waals surface area contributed by atoms with Crippen LogP contribution >= 0.6 is 0 Å². The molecule has 0 unspecified atom stereocenters. The first-order valence-electron chi connectivity index (χ1n) is 7.79. The largest absolute Gasteiger partial charge is 0.375 e. The molecule has 2 aromatic rings. The maximum atomic E-state index is 13.3. The maximum Gasteiger partial charge on any atom is 0.318 e. The molecule has 1 aliphatic heterocycles. The number of halogens is 1. The van der Waals surface area contributed by atoms with Crippen LogP contribution in [0.2, 0.25) is 0 Å². The van der Waals surface area contributed by atoms with Crippen molar-refractivity contribution in [3.05, 3.63) is 36.0 Å². The van der Waals surface area contributed by atoms with Gasteiger partial charge in [-0.25, -0.2) is 9.18 Å². The molecular formula is C16H19FN4O3. The summed E-state index contributed by atoms with van der Waals surface area (Å²) in [7, 11) is 0. The summed E-state index contributed by atoms with van der Waals surface area (Å²) in [6.45, 7) is 5.28. The minimum atomic E-state index is -0.453. The molecule has 2 heterocycles. The number of ether oxygens (including phenoxy) is 1. The van der Waals surface area contributed by atoms with Crippen LogP contribution in [0.4, 0.5) is 9.18 Å². The lowest BCUT2D eigenvalue weighted by atomic mass is 10.2. The highest BCUT2D eigenvalue weighted by molar-refractivity contribution is 5.74. The molecule has 0 saturated carbocycles. The Morgan fingerprint density at radius 3 is 3.08 bits per heavy atom. The zero-order valence-corrected chi connectivity index (χ0v) is 13.5. The van der Waals surface area contributed by atoms with Crippen LogP contribution in [0, 0.1) is 5.82 Å². The summed E-state index contributed by atoms with van der Waals surface area (Å²) in [4.78, 5) is 18.2. The first-order chi connectivity index (χ1) is 11.5. The van der Waals surface area contributed by atoms with E-state index in [1.165, 1.54) is 12.1 Å². The van der Waals surface area contributed by atoms with Crippen molar-refractivity contribution < 1.29 is 18.4 Å². The van der Waals surface area contributed by atoms with Gasteiger partial charge in [0.2, 0.25) is 11.7 Å². The molecule has 1 aliphatic rings. The van der Waals surface area contributed by atoms with Gasteiger partial charge in [0.25, 0.3) is 0 Å². The van der Waals surface area contributed by atoms with Gasteiger partial charge in [0, 0.05) is 18.7 Å². The van der Waals surface area contributed by atoms with Gasteiger partial charge < -0.3 is 19.5 Å². The van der Waals surface area contributed by atoms with Crippen LogP contribution in [-0.4, -0.2) is 46.9 Å². The minimum Gasteiger partial charge on any atom is -0.375 e. The first-order valence-corrected chi connectivity index (χ1v) is 7.79. The van der Waals surface area contributed by atoms with Gasteiger partial charge in [-0.3, -0.25) is 0 Å². The molecule has 0 aliphatic carbocycles. The summed E-state index contributed by atoms with van der Waals surface area (Å²) >= 11 is 0. The molecule has 1 aromatic heterocycles. The van der Waals surface area contributed by atoms with Crippen molar-refractivity contribution in [3.8, 4) is 11.4 Å². The second kappa shape index (κ2) is 6.96. The number of hydrogen-bond donors (Lipinski definition) is 1. The lowest BCUT2D eigenvalue weighted by Gasteiger charge is -2.31. The molecule has 3 rings (SSSR count). The normalized spacial score (nSPS) is 19.1. The molecule has 0 bridgehead atoms. The number of carbonyl (C=O) groups excluding carboxylic acids is 1. The number of aromatic nitrogens is 2. The van der Waals surface area contributed by atoms with Crippen LogP contribution in [0.15, 0.2) is 28.8 Å². The summed E-state index contributed by atoms with van der Waals surface area (Å²) < 4.78 is 23.9. The van der Waals surface area contributed by atoms with Gasteiger partial charge in [-0.1, -0.05) is 17.3 Å². The molecule has 7 nitrogen and oxygen atoms in total. The van der Waals surface area contributed by atoms with Crippen molar-refractivity contribution in [3.63, 3.8) is 0 Å². The van der Waals surface area contributed by atoms with Crippen molar-refractivity contribution in [1.82, 2.24) is 20.4 Å². The fraction of sp³-hybridized carbons (Fsp3) is 0.438. The second-order valence-electron chi connectivity index (χ2n) is 5.77. The Morgan fingerprint density at radius 2 is 2.33 bits per heavy atom. The van der Waals surface area contributed by atoms with E-state index in [0.717, 1.165) is 0 Å². The predicted molar refractivity (Wildman–Crippen MR) is 83.6 cm³/mol. The third-order valence-electron chi connectivity index (χ3n) is 3.76. The van der Waals surface area contributed by atoms with Crippen molar-refractivity contribution >= 4 is 6.03 Å². The zero-order valence-electron chi connectivity index (χ0n) is 13.5. The summed E-state index contributed by atoms with van der Waals surface area (Å²) in [5.74, 6) is 0.177. The summed E-state index contributed by atoms with van der Waals surface area (Å²) in [5.41, 5.74) is 0.519. The van der Waals surface area contributed by atoms with E-state index in [9.17, 15) is 9.18 Å². The average Bonchev–Trinajstić information content (AvgIpc) is 3.05. The van der Waals surface area contributed by atoms with Crippen molar-refractivity contribution in [2.75, 3.05) is 19.7 Å². The SMILES string of the molecule is C[C@@H]1CN(C(=O)N[C@@H](C)c2nc(-c3cccc(F)c3)no2)CCO1. The van der Waals surface area contributed by atoms with Crippen LogP contribution in [0.5, 0.6) is 0 Å². The highest BCUT2D eigenvalue weighted by Crippen LogP contribution is 2.19. The number of hydrogen-bond acceptors (Lipinski definition) is 5. The topological polar surface area (TPSA) is 80.5 Å². The third-order valence-corrected chi connectivity index (χ3v) is 3.76. The van der Waals surface area contributed by atoms with E-state index in [0.29, 0.717) is 25.3 Å². The highest BCUT2D eigenvalue weighted by atomic mass is 19.1. The van der Waals surface area contributed by atoms with Crippen molar-refractivity contribution in [1.29, 1.82) is 0 Å². The summed E-state index contributed by atoms with van der Waals surface area (Å²) in [6, 6.07) is 5.28. The van der Waals surface area contributed by atoms with Crippen LogP contribution in [-0.2, 0) is 4.74 Å². The Labute approximate surface area is 138 Å². The van der Waals surface area contributed by atoms with Gasteiger partial charge in [0.1, 0.15) is 11.9 Å². The standard InChI is InChI=1S/C16H19FN4O3/c1-10-9-21(6-7-23-10)16(22)18-11(2)15-19-14(20-24-15)12-4-3-5-13(17)8-12/h3-5,8,10-11H,6-7,9H2,1-2H3,(H,18,22)/t10-,11+/m1/s1. The first kappa shape index (κ1) is 16.4. The predicted octanol–water partition coefficient (Wildman–Crippen LogP) is 2.37. The number of nitrogens with one attached hydrogen (secondary N) is 1. The minimum absolute atomic E-state index is 0.0165. The van der Waals surface area contributed by atoms with E-state index in [1.54, 1.807) is 24.0 Å². The van der Waals surface area contributed by atoms with Crippen LogP contribution < -0.4 is 5.32 Å². The van der Waals surface area contributed by atoms with E-state index in [4.69, 9.17) is 9.26 Å². The molecule has 8 heteroatoms. The number of carbonyl (C=O) groups is 1. The summed E-state index contributed by atoms with van der Waals surface area (Å²) in [5, 5.41) is 6.67. The third kappa shape index (κ3) is 3.70. The Balaban J connectivity index is 1.65. The van der Waals surface area contributed by atoms with Gasteiger partial charge in [-0.15, -0.1) is 0 Å². The molecule has 1 fully saturated rings.